The van der Waals surface area contributed by atoms with Gasteiger partial charge < -0.3 is 15.0 Å². The van der Waals surface area contributed by atoms with Crippen LogP contribution in [-0.4, -0.2) is 58.1 Å². The molecule has 2 bridgehead atoms. The molecular weight excluding hydrogens is 440 g/mol. The van der Waals surface area contributed by atoms with E-state index < -0.39 is 0 Å². The third-order valence-corrected chi connectivity index (χ3v) is 6.96. The average Bonchev–Trinajstić information content (AvgIpc) is 3.49. The van der Waals surface area contributed by atoms with E-state index in [4.69, 9.17) is 19.8 Å². The predicted molar refractivity (Wildman–Crippen MR) is 137 cm³/mol. The number of ether oxygens (including phenoxy) is 1. The van der Waals surface area contributed by atoms with Crippen molar-refractivity contribution in [2.45, 2.75) is 51.2 Å². The standard InChI is InChI=1S/C23H28N6O.2H2S/c1-14-7-17-11-25-29(21(17)9-20(14)16-3-5-24-6-4-16)23-10-22(26-15(2)27-23)28-12-19-8-18(28)13-30-19;;/h7,9-11,16,18-19,24H,3-6,8,12-13H2,1-2H3;2*1H2. The average molecular weight is 473 g/mol. The van der Waals surface area contributed by atoms with Crippen molar-refractivity contribution >= 4 is 43.7 Å². The van der Waals surface area contributed by atoms with E-state index in [1.165, 1.54) is 24.0 Å². The zero-order valence-electron chi connectivity index (χ0n) is 18.6. The lowest BCUT2D eigenvalue weighted by atomic mass is 9.87. The van der Waals surface area contributed by atoms with Gasteiger partial charge in [0.15, 0.2) is 5.82 Å². The molecule has 7 nitrogen and oxygen atoms in total. The second kappa shape index (κ2) is 9.21. The normalized spacial score (nSPS) is 22.8. The zero-order chi connectivity index (χ0) is 20.2. The van der Waals surface area contributed by atoms with E-state index in [1.54, 1.807) is 0 Å². The first kappa shape index (κ1) is 23.4. The van der Waals surface area contributed by atoms with Crippen LogP contribution in [0.3, 0.4) is 0 Å². The monoisotopic (exact) mass is 472 g/mol. The minimum atomic E-state index is 0. The number of fused-ring (bicyclic) bond motifs is 3. The molecule has 0 saturated carbocycles. The van der Waals surface area contributed by atoms with Crippen molar-refractivity contribution in [2.75, 3.05) is 31.1 Å². The lowest BCUT2D eigenvalue weighted by Gasteiger charge is -2.28. The van der Waals surface area contributed by atoms with Crippen molar-refractivity contribution < 1.29 is 4.74 Å². The third kappa shape index (κ3) is 4.00. The van der Waals surface area contributed by atoms with E-state index >= 15 is 0 Å². The number of morpholine rings is 1. The van der Waals surface area contributed by atoms with Crippen molar-refractivity contribution in [2.24, 2.45) is 0 Å². The van der Waals surface area contributed by atoms with Crippen molar-refractivity contribution in [3.05, 3.63) is 41.3 Å². The number of hydrogen-bond donors (Lipinski definition) is 1. The predicted octanol–water partition coefficient (Wildman–Crippen LogP) is 3.10. The molecule has 5 heterocycles. The van der Waals surface area contributed by atoms with E-state index in [0.717, 1.165) is 61.0 Å². The maximum atomic E-state index is 5.77. The molecule has 2 aromatic heterocycles. The van der Waals surface area contributed by atoms with Crippen LogP contribution in [0.4, 0.5) is 5.82 Å². The Labute approximate surface area is 202 Å². The molecule has 3 aliphatic heterocycles. The summed E-state index contributed by atoms with van der Waals surface area (Å²) >= 11 is 0. The molecule has 172 valence electrons. The number of nitrogens with one attached hydrogen (secondary N) is 1. The number of aryl methyl sites for hydroxylation is 2. The number of aromatic nitrogens is 4. The summed E-state index contributed by atoms with van der Waals surface area (Å²) in [5.41, 5.74) is 3.94. The Bertz CT molecular complexity index is 1110. The van der Waals surface area contributed by atoms with Crippen molar-refractivity contribution in [3.63, 3.8) is 0 Å². The van der Waals surface area contributed by atoms with Gasteiger partial charge in [0.05, 0.1) is 30.5 Å². The number of nitrogens with zero attached hydrogens (tertiary/aromatic N) is 5. The van der Waals surface area contributed by atoms with Crippen molar-refractivity contribution in [1.82, 2.24) is 25.1 Å². The quantitative estimate of drug-likeness (QED) is 0.632. The first-order valence-electron chi connectivity index (χ1n) is 11.1. The van der Waals surface area contributed by atoms with E-state index in [0.29, 0.717) is 18.1 Å². The molecule has 0 spiro atoms. The maximum absolute atomic E-state index is 5.77. The Hall–Kier alpha value is -1.81. The number of benzene rings is 1. The Balaban J connectivity index is 0.00000122. The molecule has 0 amide bonds. The molecule has 0 aliphatic carbocycles. The lowest BCUT2D eigenvalue weighted by molar-refractivity contribution is 0.0988. The van der Waals surface area contributed by atoms with Gasteiger partial charge in [0.2, 0.25) is 0 Å². The van der Waals surface area contributed by atoms with E-state index in [2.05, 4.69) is 35.3 Å². The molecule has 0 radical (unpaired) electrons. The summed E-state index contributed by atoms with van der Waals surface area (Å²) in [6.45, 7) is 8.10. The smallest absolute Gasteiger partial charge is 0.159 e. The number of anilines is 1. The van der Waals surface area contributed by atoms with Gasteiger partial charge in [-0.15, -0.1) is 0 Å². The Morgan fingerprint density at radius 1 is 1.03 bits per heavy atom. The van der Waals surface area contributed by atoms with Gasteiger partial charge in [-0.05, 0) is 75.4 Å². The number of hydrogen-bond acceptors (Lipinski definition) is 6. The van der Waals surface area contributed by atoms with Gasteiger partial charge in [0, 0.05) is 18.0 Å². The number of rotatable bonds is 3. The minimum absolute atomic E-state index is 0. The summed E-state index contributed by atoms with van der Waals surface area (Å²) in [5, 5.41) is 9.36. The molecule has 1 N–H and O–H groups in total. The van der Waals surface area contributed by atoms with Gasteiger partial charge >= 0.3 is 0 Å². The molecule has 3 aromatic rings. The van der Waals surface area contributed by atoms with Crippen LogP contribution in [0.1, 0.15) is 42.1 Å². The Morgan fingerprint density at radius 2 is 1.81 bits per heavy atom. The SMILES string of the molecule is Cc1nc(N2CC3CC2CO3)cc(-n2ncc3cc(C)c(C4CCNCC4)cc32)n1.S.S. The van der Waals surface area contributed by atoms with Crippen LogP contribution < -0.4 is 10.2 Å². The molecule has 9 heteroatoms. The van der Waals surface area contributed by atoms with Gasteiger partial charge in [-0.2, -0.15) is 32.1 Å². The van der Waals surface area contributed by atoms with Gasteiger partial charge in [-0.1, -0.05) is 0 Å². The summed E-state index contributed by atoms with van der Waals surface area (Å²) in [6, 6.07) is 7.14. The van der Waals surface area contributed by atoms with E-state index in [1.807, 2.05) is 17.8 Å². The van der Waals surface area contributed by atoms with Crippen molar-refractivity contribution in [1.29, 1.82) is 0 Å². The van der Waals surface area contributed by atoms with Crippen LogP contribution in [0.15, 0.2) is 24.4 Å². The molecule has 3 fully saturated rings. The Kier molecular flexibility index (Phi) is 6.72. The molecule has 1 aromatic carbocycles. The molecule has 2 unspecified atom stereocenters. The third-order valence-electron chi connectivity index (χ3n) is 6.96. The van der Waals surface area contributed by atoms with Crippen LogP contribution in [0.25, 0.3) is 16.7 Å². The fourth-order valence-electron chi connectivity index (χ4n) is 5.43. The second-order valence-corrected chi connectivity index (χ2v) is 8.98. The summed E-state index contributed by atoms with van der Waals surface area (Å²) in [7, 11) is 0. The Morgan fingerprint density at radius 3 is 2.53 bits per heavy atom. The van der Waals surface area contributed by atoms with Crippen LogP contribution in [-0.2, 0) is 4.74 Å². The van der Waals surface area contributed by atoms with Crippen molar-refractivity contribution in [3.8, 4) is 5.82 Å². The summed E-state index contributed by atoms with van der Waals surface area (Å²) in [4.78, 5) is 11.9. The fraction of sp³-hybridized carbons (Fsp3) is 0.522. The fourth-order valence-corrected chi connectivity index (χ4v) is 5.43. The highest BCUT2D eigenvalue weighted by Gasteiger charge is 2.39. The topological polar surface area (TPSA) is 68.1 Å². The summed E-state index contributed by atoms with van der Waals surface area (Å²) < 4.78 is 7.76. The van der Waals surface area contributed by atoms with Crippen LogP contribution in [0, 0.1) is 13.8 Å². The number of piperidine rings is 1. The highest BCUT2D eigenvalue weighted by Crippen LogP contribution is 2.34. The lowest BCUT2D eigenvalue weighted by Crippen LogP contribution is -2.37. The van der Waals surface area contributed by atoms with Gasteiger partial charge in [-0.25, -0.2) is 14.6 Å². The largest absolute Gasteiger partial charge is 0.374 e. The molecule has 2 atom stereocenters. The van der Waals surface area contributed by atoms with E-state index in [-0.39, 0.29) is 27.0 Å². The molecule has 32 heavy (non-hydrogen) atoms. The van der Waals surface area contributed by atoms with Gasteiger partial charge in [0.25, 0.3) is 0 Å². The van der Waals surface area contributed by atoms with Gasteiger partial charge in [-0.3, -0.25) is 0 Å². The maximum Gasteiger partial charge on any atom is 0.159 e. The van der Waals surface area contributed by atoms with E-state index in [9.17, 15) is 0 Å². The first-order valence-corrected chi connectivity index (χ1v) is 11.1. The highest BCUT2D eigenvalue weighted by molar-refractivity contribution is 7.59. The minimum Gasteiger partial charge on any atom is -0.374 e. The molecule has 3 aliphatic rings. The second-order valence-electron chi connectivity index (χ2n) is 8.98. The molecular formula is C23H32N6OS2. The molecule has 3 saturated heterocycles. The summed E-state index contributed by atoms with van der Waals surface area (Å²) in [5.74, 6) is 3.22. The van der Waals surface area contributed by atoms with Crippen LogP contribution >= 0.6 is 27.0 Å². The highest BCUT2D eigenvalue weighted by atomic mass is 32.1. The summed E-state index contributed by atoms with van der Waals surface area (Å²) in [6.07, 6.45) is 5.78. The van der Waals surface area contributed by atoms with Gasteiger partial charge in [0.1, 0.15) is 11.6 Å². The first-order chi connectivity index (χ1) is 14.7. The van der Waals surface area contributed by atoms with Crippen LogP contribution in [0.5, 0.6) is 0 Å². The zero-order valence-corrected chi connectivity index (χ0v) is 20.6. The van der Waals surface area contributed by atoms with Crippen LogP contribution in [0.2, 0.25) is 0 Å². The molecule has 6 rings (SSSR count).